The summed E-state index contributed by atoms with van der Waals surface area (Å²) >= 11 is 6.76. The summed E-state index contributed by atoms with van der Waals surface area (Å²) in [7, 11) is 0. The van der Waals surface area contributed by atoms with Crippen molar-refractivity contribution < 1.29 is 4.79 Å². The van der Waals surface area contributed by atoms with E-state index in [0.717, 1.165) is 5.75 Å². The van der Waals surface area contributed by atoms with Crippen molar-refractivity contribution in [3.05, 3.63) is 41.7 Å². The Morgan fingerprint density at radius 3 is 2.54 bits per heavy atom. The maximum atomic E-state index is 12.0. The van der Waals surface area contributed by atoms with Gasteiger partial charge in [-0.2, -0.15) is 0 Å². The monoisotopic (exact) mass is 363 g/mol. The highest BCUT2D eigenvalue weighted by Crippen LogP contribution is 2.20. The number of rotatable bonds is 4. The number of nitrogens with zero attached hydrogens (tertiary/aromatic N) is 3. The summed E-state index contributed by atoms with van der Waals surface area (Å²) in [6.45, 7) is 7.31. The van der Waals surface area contributed by atoms with Gasteiger partial charge in [-0.25, -0.2) is 4.68 Å². The summed E-state index contributed by atoms with van der Waals surface area (Å²) in [5.41, 5.74) is 3.65. The van der Waals surface area contributed by atoms with Gasteiger partial charge in [0.05, 0.1) is 0 Å². The lowest BCUT2D eigenvalue weighted by atomic mass is 9.96. The molecule has 0 radical (unpaired) electrons. The molecule has 128 valence electrons. The van der Waals surface area contributed by atoms with Gasteiger partial charge in [-0.15, -0.1) is 10.2 Å². The summed E-state index contributed by atoms with van der Waals surface area (Å²) in [4.78, 5) is 12.0. The number of hydrogen-bond acceptors (Lipinski definition) is 5. The standard InChI is InChI=1S/C16H21N5OS2/c1-11-18-19-15(24-10-12-8-6-5-7-9-12)21(11)20-14(23)17-13(22)16(2,3)4/h5-9H,10H2,1-4H3,(H2,17,20,22,23). The van der Waals surface area contributed by atoms with Crippen LogP contribution in [0.5, 0.6) is 0 Å². The SMILES string of the molecule is Cc1nnc(SCc2ccccc2)n1NC(=S)NC(=O)C(C)(C)C. The second kappa shape index (κ2) is 7.76. The maximum Gasteiger partial charge on any atom is 0.231 e. The van der Waals surface area contributed by atoms with Crippen molar-refractivity contribution in [2.45, 2.75) is 38.6 Å². The van der Waals surface area contributed by atoms with Gasteiger partial charge in [-0.05, 0) is 24.7 Å². The lowest BCUT2D eigenvalue weighted by Gasteiger charge is -2.19. The number of hydrogen-bond donors (Lipinski definition) is 2. The third kappa shape index (κ3) is 5.04. The van der Waals surface area contributed by atoms with Gasteiger partial charge in [0.25, 0.3) is 0 Å². The zero-order valence-corrected chi connectivity index (χ0v) is 15.8. The van der Waals surface area contributed by atoms with Crippen LogP contribution in [0.4, 0.5) is 0 Å². The molecule has 2 aromatic rings. The molecule has 0 unspecified atom stereocenters. The number of benzene rings is 1. The average molecular weight is 364 g/mol. The Balaban J connectivity index is 2.01. The number of carbonyl (C=O) groups excluding carboxylic acids is 1. The van der Waals surface area contributed by atoms with E-state index in [2.05, 4.69) is 33.1 Å². The van der Waals surface area contributed by atoms with Crippen LogP contribution in [0.25, 0.3) is 0 Å². The van der Waals surface area contributed by atoms with E-state index in [1.807, 2.05) is 45.9 Å². The molecule has 0 aliphatic rings. The Kier molecular flexibility index (Phi) is 5.95. The molecule has 2 rings (SSSR count). The number of aromatic nitrogens is 3. The van der Waals surface area contributed by atoms with E-state index in [0.29, 0.717) is 11.0 Å². The number of thioether (sulfide) groups is 1. The van der Waals surface area contributed by atoms with E-state index in [1.165, 1.54) is 5.56 Å². The first-order chi connectivity index (χ1) is 11.3. The van der Waals surface area contributed by atoms with Gasteiger partial charge in [0, 0.05) is 11.2 Å². The fraction of sp³-hybridized carbons (Fsp3) is 0.375. The molecule has 0 spiro atoms. The van der Waals surface area contributed by atoms with Gasteiger partial charge < -0.3 is 5.32 Å². The summed E-state index contributed by atoms with van der Waals surface area (Å²) in [5.74, 6) is 1.28. The molecule has 6 nitrogen and oxygen atoms in total. The van der Waals surface area contributed by atoms with E-state index in [1.54, 1.807) is 16.4 Å². The van der Waals surface area contributed by atoms with Crippen LogP contribution >= 0.6 is 24.0 Å². The minimum absolute atomic E-state index is 0.149. The second-order valence-electron chi connectivity index (χ2n) is 6.28. The first-order valence-corrected chi connectivity index (χ1v) is 8.88. The minimum atomic E-state index is -0.515. The third-order valence-corrected chi connectivity index (χ3v) is 4.32. The third-order valence-electron chi connectivity index (χ3n) is 3.13. The Morgan fingerprint density at radius 2 is 1.92 bits per heavy atom. The molecule has 1 heterocycles. The van der Waals surface area contributed by atoms with Crippen LogP contribution in [-0.4, -0.2) is 25.9 Å². The molecule has 0 atom stereocenters. The lowest BCUT2D eigenvalue weighted by molar-refractivity contribution is -0.126. The van der Waals surface area contributed by atoms with E-state index < -0.39 is 5.41 Å². The molecule has 1 aromatic carbocycles. The molecule has 0 saturated heterocycles. The van der Waals surface area contributed by atoms with Crippen molar-refractivity contribution >= 4 is 35.0 Å². The summed E-state index contributed by atoms with van der Waals surface area (Å²) in [6.07, 6.45) is 0. The molecule has 8 heteroatoms. The summed E-state index contributed by atoms with van der Waals surface area (Å²) in [5, 5.41) is 11.8. The molecule has 0 aliphatic carbocycles. The quantitative estimate of drug-likeness (QED) is 0.643. The highest BCUT2D eigenvalue weighted by Gasteiger charge is 2.22. The van der Waals surface area contributed by atoms with Gasteiger partial charge in [-0.1, -0.05) is 62.9 Å². The molecule has 1 amide bonds. The zero-order valence-electron chi connectivity index (χ0n) is 14.2. The second-order valence-corrected chi connectivity index (χ2v) is 7.64. The zero-order chi connectivity index (χ0) is 17.7. The predicted octanol–water partition coefficient (Wildman–Crippen LogP) is 2.87. The molecule has 0 fully saturated rings. The fourth-order valence-corrected chi connectivity index (χ4v) is 2.78. The van der Waals surface area contributed by atoms with E-state index >= 15 is 0 Å². The van der Waals surface area contributed by atoms with E-state index in [-0.39, 0.29) is 11.0 Å². The van der Waals surface area contributed by atoms with Gasteiger partial charge in [0.15, 0.2) is 5.11 Å². The van der Waals surface area contributed by atoms with Crippen LogP contribution in [0.15, 0.2) is 35.5 Å². The Bertz CT molecular complexity index is 722. The molecule has 2 N–H and O–H groups in total. The summed E-state index contributed by atoms with van der Waals surface area (Å²) < 4.78 is 1.68. The van der Waals surface area contributed by atoms with Crippen LogP contribution in [0.2, 0.25) is 0 Å². The van der Waals surface area contributed by atoms with Crippen LogP contribution in [-0.2, 0) is 10.5 Å². The van der Waals surface area contributed by atoms with Gasteiger partial charge >= 0.3 is 0 Å². The van der Waals surface area contributed by atoms with Crippen molar-refractivity contribution in [2.75, 3.05) is 5.43 Å². The van der Waals surface area contributed by atoms with E-state index in [9.17, 15) is 4.79 Å². The first kappa shape index (κ1) is 18.4. The molecule has 24 heavy (non-hydrogen) atoms. The van der Waals surface area contributed by atoms with Crippen molar-refractivity contribution in [2.24, 2.45) is 5.41 Å². The van der Waals surface area contributed by atoms with Crippen molar-refractivity contribution in [3.63, 3.8) is 0 Å². The average Bonchev–Trinajstić information content (AvgIpc) is 2.86. The minimum Gasteiger partial charge on any atom is -0.301 e. The van der Waals surface area contributed by atoms with Crippen LogP contribution < -0.4 is 10.7 Å². The van der Waals surface area contributed by atoms with E-state index in [4.69, 9.17) is 12.2 Å². The molecule has 0 saturated carbocycles. The molecule has 0 aliphatic heterocycles. The van der Waals surface area contributed by atoms with Crippen molar-refractivity contribution in [1.82, 2.24) is 20.2 Å². The number of nitrogens with one attached hydrogen (secondary N) is 2. The van der Waals surface area contributed by atoms with Gasteiger partial charge in [0.1, 0.15) is 5.82 Å². The first-order valence-electron chi connectivity index (χ1n) is 7.48. The smallest absolute Gasteiger partial charge is 0.231 e. The molecule has 0 bridgehead atoms. The number of thiocarbonyl (C=S) groups is 1. The van der Waals surface area contributed by atoms with Crippen LogP contribution in [0.1, 0.15) is 32.2 Å². The molecule has 1 aromatic heterocycles. The summed E-state index contributed by atoms with van der Waals surface area (Å²) in [6, 6.07) is 10.1. The number of carbonyl (C=O) groups is 1. The normalized spacial score (nSPS) is 11.2. The number of aryl methyl sites for hydroxylation is 1. The Morgan fingerprint density at radius 1 is 1.25 bits per heavy atom. The highest BCUT2D eigenvalue weighted by molar-refractivity contribution is 7.98. The van der Waals surface area contributed by atoms with Gasteiger partial charge in [-0.3, -0.25) is 10.2 Å². The highest BCUT2D eigenvalue weighted by atomic mass is 32.2. The van der Waals surface area contributed by atoms with Gasteiger partial charge in [0.2, 0.25) is 11.1 Å². The Hall–Kier alpha value is -1.93. The van der Waals surface area contributed by atoms with Crippen molar-refractivity contribution in [3.8, 4) is 0 Å². The maximum absolute atomic E-state index is 12.0. The largest absolute Gasteiger partial charge is 0.301 e. The molecular weight excluding hydrogens is 342 g/mol. The van der Waals surface area contributed by atoms with Crippen LogP contribution in [0, 0.1) is 12.3 Å². The Labute approximate surface area is 151 Å². The lowest BCUT2D eigenvalue weighted by Crippen LogP contribution is -2.43. The van der Waals surface area contributed by atoms with Crippen LogP contribution in [0.3, 0.4) is 0 Å². The molecular formula is C16H21N5OS2. The number of amides is 1. The predicted molar refractivity (Wildman–Crippen MR) is 100 cm³/mol. The van der Waals surface area contributed by atoms with Crippen molar-refractivity contribution in [1.29, 1.82) is 0 Å². The topological polar surface area (TPSA) is 71.8 Å². The fourth-order valence-electron chi connectivity index (χ4n) is 1.71.